The van der Waals surface area contributed by atoms with Gasteiger partial charge in [0.25, 0.3) is 0 Å². The fourth-order valence-corrected chi connectivity index (χ4v) is 3.23. The van der Waals surface area contributed by atoms with Crippen molar-refractivity contribution in [3.05, 3.63) is 0 Å². The third kappa shape index (κ3) is 3.93. The predicted octanol–water partition coefficient (Wildman–Crippen LogP) is 1.64. The Bertz CT molecular complexity index is 317. The molecule has 2 atom stereocenters. The Labute approximate surface area is 117 Å². The van der Waals surface area contributed by atoms with Crippen LogP contribution in [0.3, 0.4) is 0 Å². The average Bonchev–Trinajstić information content (AvgIpc) is 3.05. The molecule has 1 saturated carbocycles. The highest BCUT2D eigenvalue weighted by atomic mass is 16.1. The van der Waals surface area contributed by atoms with Crippen LogP contribution in [0.25, 0.3) is 0 Å². The zero-order chi connectivity index (χ0) is 13.9. The third-order valence-electron chi connectivity index (χ3n) is 4.74. The van der Waals surface area contributed by atoms with Crippen LogP contribution in [0.4, 0.5) is 0 Å². The maximum atomic E-state index is 11.7. The molecule has 4 nitrogen and oxygen atoms in total. The fourth-order valence-electron chi connectivity index (χ4n) is 3.23. The molecule has 4 heteroatoms. The Morgan fingerprint density at radius 3 is 2.74 bits per heavy atom. The second kappa shape index (κ2) is 6.23. The van der Waals surface area contributed by atoms with Gasteiger partial charge in [0, 0.05) is 12.1 Å². The minimum absolute atomic E-state index is 0.201. The largest absolute Gasteiger partial charge is 0.368 e. The van der Waals surface area contributed by atoms with Gasteiger partial charge in [0.1, 0.15) is 0 Å². The van der Waals surface area contributed by atoms with Crippen molar-refractivity contribution in [1.29, 1.82) is 0 Å². The normalized spacial score (nSPS) is 27.4. The molecule has 1 saturated heterocycles. The van der Waals surface area contributed by atoms with Gasteiger partial charge in [-0.2, -0.15) is 0 Å². The molecule has 2 fully saturated rings. The summed E-state index contributed by atoms with van der Waals surface area (Å²) >= 11 is 0. The number of rotatable bonds is 8. The number of nitrogens with two attached hydrogens (primary N) is 1. The summed E-state index contributed by atoms with van der Waals surface area (Å²) in [5.41, 5.74) is 5.07. The first-order chi connectivity index (χ1) is 9.05. The van der Waals surface area contributed by atoms with Gasteiger partial charge in [0.05, 0.1) is 5.54 Å². The molecular weight excluding hydrogens is 238 g/mol. The highest BCUT2D eigenvalue weighted by Crippen LogP contribution is 2.26. The van der Waals surface area contributed by atoms with Gasteiger partial charge in [0.15, 0.2) is 0 Å². The topological polar surface area (TPSA) is 58.4 Å². The molecule has 2 rings (SSSR count). The van der Waals surface area contributed by atoms with E-state index in [1.807, 2.05) is 6.92 Å². The molecule has 1 aliphatic carbocycles. The molecule has 1 amide bonds. The van der Waals surface area contributed by atoms with Crippen LogP contribution in [-0.4, -0.2) is 41.5 Å². The monoisotopic (exact) mass is 267 g/mol. The van der Waals surface area contributed by atoms with Gasteiger partial charge in [-0.25, -0.2) is 0 Å². The second-order valence-electron chi connectivity index (χ2n) is 6.46. The molecular formula is C15H29N3O. The number of nitrogens with one attached hydrogen (secondary N) is 1. The van der Waals surface area contributed by atoms with E-state index in [9.17, 15) is 4.79 Å². The molecule has 0 radical (unpaired) electrons. The molecule has 110 valence electrons. The quantitative estimate of drug-likeness (QED) is 0.703. The molecule has 2 aliphatic rings. The van der Waals surface area contributed by atoms with Gasteiger partial charge >= 0.3 is 0 Å². The highest BCUT2D eigenvalue weighted by Gasteiger charge is 2.36. The summed E-state index contributed by atoms with van der Waals surface area (Å²) in [7, 11) is 0. The Kier molecular flexibility index (Phi) is 4.85. The molecule has 1 aliphatic heterocycles. The lowest BCUT2D eigenvalue weighted by Crippen LogP contribution is -2.54. The molecule has 0 aromatic carbocycles. The summed E-state index contributed by atoms with van der Waals surface area (Å²) in [6.45, 7) is 6.57. The van der Waals surface area contributed by atoms with E-state index in [0.29, 0.717) is 6.04 Å². The number of carbonyl (C=O) groups excluding carboxylic acids is 1. The van der Waals surface area contributed by atoms with E-state index in [1.54, 1.807) is 0 Å². The molecule has 0 aromatic rings. The van der Waals surface area contributed by atoms with E-state index in [4.69, 9.17) is 5.73 Å². The van der Waals surface area contributed by atoms with Crippen molar-refractivity contribution in [2.24, 2.45) is 5.73 Å². The number of primary amides is 1. The van der Waals surface area contributed by atoms with Crippen LogP contribution in [0.15, 0.2) is 0 Å². The number of likely N-dealkylation sites (tertiary alicyclic amines) is 1. The Hall–Kier alpha value is -0.610. The van der Waals surface area contributed by atoms with Crippen LogP contribution in [0, 0.1) is 0 Å². The predicted molar refractivity (Wildman–Crippen MR) is 77.9 cm³/mol. The summed E-state index contributed by atoms with van der Waals surface area (Å²) in [6, 6.07) is 1.28. The summed E-state index contributed by atoms with van der Waals surface area (Å²) in [6.07, 6.45) is 8.18. The van der Waals surface area contributed by atoms with E-state index >= 15 is 0 Å². The van der Waals surface area contributed by atoms with Crippen molar-refractivity contribution >= 4 is 5.91 Å². The van der Waals surface area contributed by atoms with Crippen LogP contribution in [0.1, 0.15) is 58.8 Å². The van der Waals surface area contributed by atoms with Gasteiger partial charge < -0.3 is 16.0 Å². The van der Waals surface area contributed by atoms with Gasteiger partial charge in [-0.05, 0) is 65.0 Å². The van der Waals surface area contributed by atoms with Crippen molar-refractivity contribution in [3.63, 3.8) is 0 Å². The minimum atomic E-state index is -0.511. The van der Waals surface area contributed by atoms with E-state index in [0.717, 1.165) is 25.4 Å². The van der Waals surface area contributed by atoms with Crippen LogP contribution < -0.4 is 11.1 Å². The molecule has 2 unspecified atom stereocenters. The Morgan fingerprint density at radius 1 is 1.42 bits per heavy atom. The Balaban J connectivity index is 1.77. The van der Waals surface area contributed by atoms with Gasteiger partial charge in [-0.15, -0.1) is 0 Å². The first-order valence-electron chi connectivity index (χ1n) is 7.87. The summed E-state index contributed by atoms with van der Waals surface area (Å²) < 4.78 is 0. The zero-order valence-electron chi connectivity index (χ0n) is 12.5. The van der Waals surface area contributed by atoms with Crippen LogP contribution in [0.5, 0.6) is 0 Å². The van der Waals surface area contributed by atoms with E-state index in [2.05, 4.69) is 17.1 Å². The lowest BCUT2D eigenvalue weighted by atomic mass is 9.94. The van der Waals surface area contributed by atoms with Crippen molar-refractivity contribution < 1.29 is 4.79 Å². The molecule has 3 N–H and O–H groups in total. The first kappa shape index (κ1) is 14.8. The van der Waals surface area contributed by atoms with Gasteiger partial charge in [-0.1, -0.05) is 6.92 Å². The molecule has 0 bridgehead atoms. The van der Waals surface area contributed by atoms with Crippen molar-refractivity contribution in [2.75, 3.05) is 13.1 Å². The van der Waals surface area contributed by atoms with Gasteiger partial charge in [0.2, 0.25) is 5.91 Å². The molecule has 0 spiro atoms. The lowest BCUT2D eigenvalue weighted by molar-refractivity contribution is -0.124. The molecule has 0 aromatic heterocycles. The first-order valence-corrected chi connectivity index (χ1v) is 7.87. The van der Waals surface area contributed by atoms with Crippen LogP contribution in [0.2, 0.25) is 0 Å². The number of nitrogens with zero attached hydrogens (tertiary/aromatic N) is 1. The van der Waals surface area contributed by atoms with E-state index in [-0.39, 0.29) is 5.91 Å². The minimum Gasteiger partial charge on any atom is -0.368 e. The summed E-state index contributed by atoms with van der Waals surface area (Å²) in [5, 5.41) is 3.42. The average molecular weight is 267 g/mol. The molecule has 1 heterocycles. The summed E-state index contributed by atoms with van der Waals surface area (Å²) in [5.74, 6) is -0.201. The number of hydrogen-bond acceptors (Lipinski definition) is 3. The maximum Gasteiger partial charge on any atom is 0.237 e. The highest BCUT2D eigenvalue weighted by molar-refractivity contribution is 5.84. The van der Waals surface area contributed by atoms with Crippen LogP contribution in [-0.2, 0) is 4.79 Å². The SMILES string of the molecule is CCC1CCCN1CCCC(C)(NC1CC1)C(N)=O. The van der Waals surface area contributed by atoms with Gasteiger partial charge in [-0.3, -0.25) is 4.79 Å². The maximum absolute atomic E-state index is 11.7. The van der Waals surface area contributed by atoms with Crippen molar-refractivity contribution in [3.8, 4) is 0 Å². The van der Waals surface area contributed by atoms with Crippen LogP contribution >= 0.6 is 0 Å². The standard InChI is InChI=1S/C15H29N3O/c1-3-13-6-4-10-18(13)11-5-9-15(2,14(16)19)17-12-7-8-12/h12-13,17H,3-11H2,1-2H3,(H2,16,19). The number of carbonyl (C=O) groups is 1. The Morgan fingerprint density at radius 2 is 2.16 bits per heavy atom. The van der Waals surface area contributed by atoms with E-state index < -0.39 is 5.54 Å². The van der Waals surface area contributed by atoms with Crippen molar-refractivity contribution in [2.45, 2.75) is 76.4 Å². The smallest absolute Gasteiger partial charge is 0.237 e. The number of amides is 1. The lowest BCUT2D eigenvalue weighted by Gasteiger charge is -2.29. The number of hydrogen-bond donors (Lipinski definition) is 2. The third-order valence-corrected chi connectivity index (χ3v) is 4.74. The second-order valence-corrected chi connectivity index (χ2v) is 6.46. The zero-order valence-corrected chi connectivity index (χ0v) is 12.5. The van der Waals surface area contributed by atoms with E-state index in [1.165, 1.54) is 38.6 Å². The van der Waals surface area contributed by atoms with Crippen molar-refractivity contribution in [1.82, 2.24) is 10.2 Å². The fraction of sp³-hybridized carbons (Fsp3) is 0.933. The molecule has 19 heavy (non-hydrogen) atoms. The summed E-state index contributed by atoms with van der Waals surface area (Å²) in [4.78, 5) is 14.3.